The Bertz CT molecular complexity index is 641. The van der Waals surface area contributed by atoms with E-state index in [0.717, 1.165) is 12.8 Å². The number of nitrogens with zero attached hydrogens (tertiary/aromatic N) is 2. The van der Waals surface area contributed by atoms with Crippen LogP contribution in [0.2, 0.25) is 0 Å². The van der Waals surface area contributed by atoms with Gasteiger partial charge in [-0.2, -0.15) is 0 Å². The van der Waals surface area contributed by atoms with Gasteiger partial charge in [-0.1, -0.05) is 6.07 Å². The summed E-state index contributed by atoms with van der Waals surface area (Å²) in [5.41, 5.74) is 5.58. The molecule has 1 heterocycles. The topological polar surface area (TPSA) is 107 Å². The van der Waals surface area contributed by atoms with Crippen molar-refractivity contribution in [1.82, 2.24) is 4.90 Å². The first-order chi connectivity index (χ1) is 10.0. The summed E-state index contributed by atoms with van der Waals surface area (Å²) in [4.78, 5) is 36.5. The fraction of sp³-hybridized carbons (Fsp3) is 0.429. The van der Waals surface area contributed by atoms with Crippen LogP contribution in [-0.4, -0.2) is 33.7 Å². The van der Waals surface area contributed by atoms with E-state index in [4.69, 9.17) is 5.73 Å². The Morgan fingerprint density at radius 1 is 1.14 bits per heavy atom. The summed E-state index contributed by atoms with van der Waals surface area (Å²) < 4.78 is 0. The average molecular weight is 326 g/mol. The second kappa shape index (κ2) is 6.02. The lowest BCUT2D eigenvalue weighted by Crippen LogP contribution is -2.44. The number of rotatable bonds is 2. The summed E-state index contributed by atoms with van der Waals surface area (Å²) in [6, 6.07) is 4.05. The highest BCUT2D eigenvalue weighted by atomic mass is 35.5. The molecule has 1 aromatic rings. The van der Waals surface area contributed by atoms with Gasteiger partial charge in [0.25, 0.3) is 17.5 Å². The number of amides is 2. The number of nitrogens with two attached hydrogens (primary N) is 1. The van der Waals surface area contributed by atoms with Gasteiger partial charge in [0, 0.05) is 18.2 Å². The van der Waals surface area contributed by atoms with Gasteiger partial charge in [0.2, 0.25) is 0 Å². The predicted octanol–water partition coefficient (Wildman–Crippen LogP) is 1.88. The van der Waals surface area contributed by atoms with Gasteiger partial charge in [-0.15, -0.1) is 12.4 Å². The fourth-order valence-corrected chi connectivity index (χ4v) is 3.13. The largest absolute Gasteiger partial charge is 0.328 e. The minimum absolute atomic E-state index is 0. The number of halogens is 1. The van der Waals surface area contributed by atoms with E-state index in [1.807, 2.05) is 0 Å². The Balaban J connectivity index is 0.00000176. The van der Waals surface area contributed by atoms with Crippen LogP contribution in [0.5, 0.6) is 0 Å². The van der Waals surface area contributed by atoms with Crippen molar-refractivity contribution < 1.29 is 14.5 Å². The highest BCUT2D eigenvalue weighted by Gasteiger charge is 2.44. The molecule has 0 atom stereocenters. The molecule has 1 aliphatic carbocycles. The molecule has 2 aliphatic rings. The van der Waals surface area contributed by atoms with Crippen molar-refractivity contribution in [3.8, 4) is 0 Å². The van der Waals surface area contributed by atoms with E-state index in [9.17, 15) is 19.7 Å². The number of carbonyl (C=O) groups excluding carboxylic acids is 2. The Morgan fingerprint density at radius 3 is 2.36 bits per heavy atom. The second-order valence-corrected chi connectivity index (χ2v) is 5.51. The van der Waals surface area contributed by atoms with Crippen molar-refractivity contribution in [1.29, 1.82) is 0 Å². The molecule has 0 spiro atoms. The molecule has 0 unspecified atom stereocenters. The van der Waals surface area contributed by atoms with E-state index in [-0.39, 0.29) is 41.3 Å². The SMILES string of the molecule is Cl.N[C@H]1CC[C@H](N2C(=O)c3cccc([N+](=O)[O-])c3C2=O)CC1. The van der Waals surface area contributed by atoms with Crippen LogP contribution in [-0.2, 0) is 0 Å². The molecule has 8 heteroatoms. The van der Waals surface area contributed by atoms with Crippen LogP contribution in [0.3, 0.4) is 0 Å². The zero-order chi connectivity index (χ0) is 15.1. The van der Waals surface area contributed by atoms with E-state index >= 15 is 0 Å². The molecule has 0 bridgehead atoms. The number of hydrogen-bond acceptors (Lipinski definition) is 5. The maximum Gasteiger partial charge on any atom is 0.282 e. The quantitative estimate of drug-likeness (QED) is 0.507. The normalized spacial score (nSPS) is 24.0. The van der Waals surface area contributed by atoms with Crippen molar-refractivity contribution in [2.75, 3.05) is 0 Å². The van der Waals surface area contributed by atoms with Gasteiger partial charge in [0.05, 0.1) is 10.5 Å². The Morgan fingerprint density at radius 2 is 1.77 bits per heavy atom. The third kappa shape index (κ3) is 2.46. The molecule has 0 saturated heterocycles. The molecule has 0 radical (unpaired) electrons. The molecular weight excluding hydrogens is 310 g/mol. The summed E-state index contributed by atoms with van der Waals surface area (Å²) in [5.74, 6) is -0.984. The summed E-state index contributed by atoms with van der Waals surface area (Å²) in [7, 11) is 0. The van der Waals surface area contributed by atoms with Crippen LogP contribution < -0.4 is 5.73 Å². The maximum atomic E-state index is 12.5. The van der Waals surface area contributed by atoms with Crippen molar-refractivity contribution in [2.45, 2.75) is 37.8 Å². The van der Waals surface area contributed by atoms with Crippen LogP contribution in [0.1, 0.15) is 46.4 Å². The zero-order valence-electron chi connectivity index (χ0n) is 11.7. The van der Waals surface area contributed by atoms with Crippen LogP contribution in [0.25, 0.3) is 0 Å². The van der Waals surface area contributed by atoms with E-state index in [0.29, 0.717) is 12.8 Å². The van der Waals surface area contributed by atoms with Crippen LogP contribution in [0.4, 0.5) is 5.69 Å². The van der Waals surface area contributed by atoms with E-state index in [1.165, 1.54) is 23.1 Å². The third-order valence-electron chi connectivity index (χ3n) is 4.23. The van der Waals surface area contributed by atoms with Gasteiger partial charge >= 0.3 is 0 Å². The molecule has 0 aromatic heterocycles. The number of benzene rings is 1. The lowest BCUT2D eigenvalue weighted by Gasteiger charge is -2.31. The number of nitro groups is 1. The molecule has 1 saturated carbocycles. The van der Waals surface area contributed by atoms with E-state index in [1.54, 1.807) is 0 Å². The van der Waals surface area contributed by atoms with Crippen molar-refractivity contribution in [3.63, 3.8) is 0 Å². The van der Waals surface area contributed by atoms with Gasteiger partial charge < -0.3 is 5.73 Å². The van der Waals surface area contributed by atoms with Gasteiger partial charge in [-0.3, -0.25) is 24.6 Å². The maximum absolute atomic E-state index is 12.5. The van der Waals surface area contributed by atoms with Crippen molar-refractivity contribution in [2.24, 2.45) is 5.73 Å². The lowest BCUT2D eigenvalue weighted by molar-refractivity contribution is -0.385. The van der Waals surface area contributed by atoms with E-state index in [2.05, 4.69) is 0 Å². The molecule has 1 fully saturated rings. The molecule has 7 nitrogen and oxygen atoms in total. The number of carbonyl (C=O) groups is 2. The fourth-order valence-electron chi connectivity index (χ4n) is 3.13. The molecule has 1 aromatic carbocycles. The molecule has 1 aliphatic heterocycles. The molecule has 3 rings (SSSR count). The van der Waals surface area contributed by atoms with E-state index < -0.39 is 16.7 Å². The minimum Gasteiger partial charge on any atom is -0.328 e. The molecule has 2 amide bonds. The predicted molar refractivity (Wildman–Crippen MR) is 81.1 cm³/mol. The average Bonchev–Trinajstić information content (AvgIpc) is 2.72. The number of imide groups is 1. The highest BCUT2D eigenvalue weighted by Crippen LogP contribution is 2.34. The standard InChI is InChI=1S/C14H15N3O4.ClH/c15-8-4-6-9(7-5-8)16-13(18)10-2-1-3-11(17(20)21)12(10)14(16)19;/h1-3,8-9H,4-7,15H2;1H/t8-,9-;. The van der Waals surface area contributed by atoms with Crippen LogP contribution >= 0.6 is 12.4 Å². The first kappa shape index (κ1) is 16.4. The summed E-state index contributed by atoms with van der Waals surface area (Å²) >= 11 is 0. The Labute approximate surface area is 133 Å². The van der Waals surface area contributed by atoms with Crippen LogP contribution in [0.15, 0.2) is 18.2 Å². The summed E-state index contributed by atoms with van der Waals surface area (Å²) in [6.07, 6.45) is 2.81. The van der Waals surface area contributed by atoms with Crippen molar-refractivity contribution >= 4 is 29.9 Å². The van der Waals surface area contributed by atoms with Gasteiger partial charge in [-0.25, -0.2) is 0 Å². The summed E-state index contributed by atoms with van der Waals surface area (Å²) in [5, 5.41) is 11.0. The number of nitro benzene ring substituents is 1. The monoisotopic (exact) mass is 325 g/mol. The first-order valence-corrected chi connectivity index (χ1v) is 6.91. The Hall–Kier alpha value is -1.99. The first-order valence-electron chi connectivity index (χ1n) is 6.91. The molecule has 22 heavy (non-hydrogen) atoms. The zero-order valence-corrected chi connectivity index (χ0v) is 12.5. The lowest BCUT2D eigenvalue weighted by atomic mass is 9.91. The minimum atomic E-state index is -0.621. The molecule has 118 valence electrons. The number of fused-ring (bicyclic) bond motifs is 1. The van der Waals surface area contributed by atoms with Crippen LogP contribution in [0, 0.1) is 10.1 Å². The smallest absolute Gasteiger partial charge is 0.282 e. The third-order valence-corrected chi connectivity index (χ3v) is 4.23. The summed E-state index contributed by atoms with van der Waals surface area (Å²) in [6.45, 7) is 0. The Kier molecular flexibility index (Phi) is 4.48. The second-order valence-electron chi connectivity index (χ2n) is 5.51. The highest BCUT2D eigenvalue weighted by molar-refractivity contribution is 6.23. The van der Waals surface area contributed by atoms with Gasteiger partial charge in [0.1, 0.15) is 5.56 Å². The molecule has 2 N–H and O–H groups in total. The molecular formula is C14H16ClN3O4. The van der Waals surface area contributed by atoms with Crippen molar-refractivity contribution in [3.05, 3.63) is 39.4 Å². The van der Waals surface area contributed by atoms with Gasteiger partial charge in [-0.05, 0) is 31.7 Å². The number of hydrogen-bond donors (Lipinski definition) is 1. The van der Waals surface area contributed by atoms with Gasteiger partial charge in [0.15, 0.2) is 0 Å².